The largest absolute Gasteiger partial charge is 0.449 e. The number of ether oxygens (including phenoxy) is 3. The van der Waals surface area contributed by atoms with Gasteiger partial charge in [-0.1, -0.05) is 206 Å². The highest BCUT2D eigenvalue weighted by Gasteiger charge is 2.17. The molecule has 0 bridgehead atoms. The Labute approximate surface area is 308 Å². The minimum Gasteiger partial charge on any atom is -0.449 e. The molecule has 0 spiro atoms. The average Bonchev–Trinajstić information content (AvgIpc) is 3.10. The van der Waals surface area contributed by atoms with Crippen molar-refractivity contribution in [2.24, 2.45) is 5.92 Å². The molecule has 0 aromatic carbocycles. The highest BCUT2D eigenvalue weighted by molar-refractivity contribution is 5.67. The summed E-state index contributed by atoms with van der Waals surface area (Å²) in [7, 11) is 3.59. The van der Waals surface area contributed by atoms with Gasteiger partial charge in [0.15, 0.2) is 0 Å². The minimum absolute atomic E-state index is 0.185. The molecule has 49 heavy (non-hydrogen) atoms. The summed E-state index contributed by atoms with van der Waals surface area (Å²) in [5.74, 6) is 0.582. The minimum atomic E-state index is -0.185. The first kappa shape index (κ1) is 48.2. The Morgan fingerprint density at radius 2 is 0.796 bits per heavy atom. The standard InChI is InChI=1S/C44H89NO4/c1-5-7-9-11-13-15-17-19-21-23-25-27-29-31-33-36-43(42-45(3)44(46)49-39-35-38-48-41-40-47-4)37-34-32-30-28-26-24-22-20-18-16-14-12-10-8-6-2/h43H,5-42H2,1-4H3. The zero-order chi connectivity index (χ0) is 35.7. The highest BCUT2D eigenvalue weighted by Crippen LogP contribution is 2.21. The van der Waals surface area contributed by atoms with Gasteiger partial charge in [-0.2, -0.15) is 0 Å². The van der Waals surface area contributed by atoms with E-state index in [-0.39, 0.29) is 6.09 Å². The van der Waals surface area contributed by atoms with Gasteiger partial charge >= 0.3 is 6.09 Å². The molecule has 0 aliphatic carbocycles. The van der Waals surface area contributed by atoms with E-state index in [1.165, 1.54) is 205 Å². The van der Waals surface area contributed by atoms with Crippen LogP contribution in [0.3, 0.4) is 0 Å². The molecule has 0 aromatic heterocycles. The highest BCUT2D eigenvalue weighted by atomic mass is 16.6. The van der Waals surface area contributed by atoms with Crippen LogP contribution in [-0.4, -0.2) is 58.1 Å². The maximum Gasteiger partial charge on any atom is 0.409 e. The van der Waals surface area contributed by atoms with Crippen molar-refractivity contribution in [3.8, 4) is 0 Å². The second kappa shape index (κ2) is 41.6. The van der Waals surface area contributed by atoms with E-state index in [1.807, 2.05) is 11.9 Å². The van der Waals surface area contributed by atoms with Gasteiger partial charge in [0, 0.05) is 33.7 Å². The van der Waals surface area contributed by atoms with Crippen molar-refractivity contribution in [2.75, 3.05) is 47.1 Å². The van der Waals surface area contributed by atoms with Gasteiger partial charge in [-0.3, -0.25) is 0 Å². The van der Waals surface area contributed by atoms with Crippen LogP contribution in [-0.2, 0) is 14.2 Å². The number of rotatable bonds is 41. The Morgan fingerprint density at radius 3 is 1.14 bits per heavy atom. The number of methoxy groups -OCH3 is 1. The van der Waals surface area contributed by atoms with E-state index in [0.717, 1.165) is 13.0 Å². The molecule has 0 heterocycles. The maximum atomic E-state index is 12.7. The number of carbonyl (C=O) groups is 1. The fourth-order valence-electron chi connectivity index (χ4n) is 7.07. The fourth-order valence-corrected chi connectivity index (χ4v) is 7.07. The molecule has 0 saturated heterocycles. The van der Waals surface area contributed by atoms with Gasteiger partial charge in [0.25, 0.3) is 0 Å². The van der Waals surface area contributed by atoms with Crippen molar-refractivity contribution < 1.29 is 19.0 Å². The van der Waals surface area contributed by atoms with E-state index in [0.29, 0.717) is 32.3 Å². The number of hydrogen-bond acceptors (Lipinski definition) is 4. The van der Waals surface area contributed by atoms with Gasteiger partial charge in [0.2, 0.25) is 0 Å². The molecular weight excluding hydrogens is 606 g/mol. The van der Waals surface area contributed by atoms with Crippen LogP contribution < -0.4 is 0 Å². The Balaban J connectivity index is 4.13. The van der Waals surface area contributed by atoms with Crippen LogP contribution in [0.25, 0.3) is 0 Å². The third-order valence-electron chi connectivity index (χ3n) is 10.4. The molecular formula is C44H89NO4. The van der Waals surface area contributed by atoms with Crippen molar-refractivity contribution in [2.45, 2.75) is 226 Å². The van der Waals surface area contributed by atoms with E-state index < -0.39 is 0 Å². The molecule has 0 fully saturated rings. The molecule has 0 aliphatic rings. The molecule has 0 saturated carbocycles. The summed E-state index contributed by atoms with van der Waals surface area (Å²) in [6.45, 7) is 7.62. The van der Waals surface area contributed by atoms with Crippen LogP contribution in [0.15, 0.2) is 0 Å². The second-order valence-corrected chi connectivity index (χ2v) is 15.3. The summed E-state index contributed by atoms with van der Waals surface area (Å²) in [6.07, 6.45) is 45.2. The quantitative estimate of drug-likeness (QED) is 0.0597. The van der Waals surface area contributed by atoms with E-state index in [4.69, 9.17) is 14.2 Å². The summed E-state index contributed by atoms with van der Waals surface area (Å²) >= 11 is 0. The van der Waals surface area contributed by atoms with Gasteiger partial charge in [-0.05, 0) is 18.8 Å². The van der Waals surface area contributed by atoms with Gasteiger partial charge < -0.3 is 19.1 Å². The average molecular weight is 696 g/mol. The summed E-state index contributed by atoms with van der Waals surface area (Å²) < 4.78 is 16.0. The molecule has 0 radical (unpaired) electrons. The molecule has 0 unspecified atom stereocenters. The summed E-state index contributed by atoms with van der Waals surface area (Å²) in [4.78, 5) is 14.5. The molecule has 1 amide bonds. The van der Waals surface area contributed by atoms with Crippen LogP contribution in [0.4, 0.5) is 4.79 Å². The Kier molecular flexibility index (Phi) is 40.9. The lowest BCUT2D eigenvalue weighted by Crippen LogP contribution is -2.32. The number of hydrogen-bond donors (Lipinski definition) is 0. The molecule has 294 valence electrons. The normalized spacial score (nSPS) is 11.5. The number of nitrogens with zero attached hydrogens (tertiary/aromatic N) is 1. The van der Waals surface area contributed by atoms with Crippen molar-refractivity contribution >= 4 is 6.09 Å². The fraction of sp³-hybridized carbons (Fsp3) is 0.977. The van der Waals surface area contributed by atoms with Crippen LogP contribution in [0.1, 0.15) is 226 Å². The molecule has 0 rings (SSSR count). The first-order valence-corrected chi connectivity index (χ1v) is 22.1. The van der Waals surface area contributed by atoms with Crippen molar-refractivity contribution in [3.05, 3.63) is 0 Å². The van der Waals surface area contributed by atoms with Crippen molar-refractivity contribution in [3.63, 3.8) is 0 Å². The molecule has 0 aliphatic heterocycles. The summed E-state index contributed by atoms with van der Waals surface area (Å²) in [5.41, 5.74) is 0. The van der Waals surface area contributed by atoms with E-state index in [9.17, 15) is 4.79 Å². The van der Waals surface area contributed by atoms with Crippen LogP contribution in [0.5, 0.6) is 0 Å². The number of carbonyl (C=O) groups excluding carboxylic acids is 1. The zero-order valence-electron chi connectivity index (χ0n) is 34.0. The third-order valence-corrected chi connectivity index (χ3v) is 10.4. The molecule has 5 nitrogen and oxygen atoms in total. The maximum absolute atomic E-state index is 12.7. The van der Waals surface area contributed by atoms with Crippen LogP contribution >= 0.6 is 0 Å². The van der Waals surface area contributed by atoms with Crippen molar-refractivity contribution in [1.82, 2.24) is 4.90 Å². The second-order valence-electron chi connectivity index (χ2n) is 15.3. The predicted octanol–water partition coefficient (Wildman–Crippen LogP) is 14.2. The lowest BCUT2D eigenvalue weighted by Gasteiger charge is -2.24. The zero-order valence-corrected chi connectivity index (χ0v) is 34.0. The molecule has 0 N–H and O–H groups in total. The molecule has 0 atom stereocenters. The lowest BCUT2D eigenvalue weighted by molar-refractivity contribution is 0.0547. The van der Waals surface area contributed by atoms with Gasteiger partial charge in [0.05, 0.1) is 19.8 Å². The third kappa shape index (κ3) is 38.3. The lowest BCUT2D eigenvalue weighted by atomic mass is 9.93. The van der Waals surface area contributed by atoms with E-state index >= 15 is 0 Å². The Bertz CT molecular complexity index is 596. The number of amides is 1. The van der Waals surface area contributed by atoms with Crippen molar-refractivity contribution in [1.29, 1.82) is 0 Å². The topological polar surface area (TPSA) is 48.0 Å². The smallest absolute Gasteiger partial charge is 0.409 e. The SMILES string of the molecule is CCCCCCCCCCCCCCCCCC(CCCCCCCCCCCCCCCCC)CN(C)C(=O)OCCCOCCOC. The Hall–Kier alpha value is -0.810. The van der Waals surface area contributed by atoms with Gasteiger partial charge in [0.1, 0.15) is 0 Å². The first-order chi connectivity index (χ1) is 24.2. The van der Waals surface area contributed by atoms with Gasteiger partial charge in [-0.15, -0.1) is 0 Å². The van der Waals surface area contributed by atoms with E-state index in [2.05, 4.69) is 13.8 Å². The predicted molar refractivity (Wildman–Crippen MR) is 214 cm³/mol. The first-order valence-electron chi connectivity index (χ1n) is 22.1. The van der Waals surface area contributed by atoms with Crippen LogP contribution in [0.2, 0.25) is 0 Å². The summed E-state index contributed by atoms with van der Waals surface area (Å²) in [6, 6.07) is 0. The monoisotopic (exact) mass is 696 g/mol. The Morgan fingerprint density at radius 1 is 0.449 bits per heavy atom. The number of unbranched alkanes of at least 4 members (excludes halogenated alkanes) is 28. The van der Waals surface area contributed by atoms with E-state index in [1.54, 1.807) is 7.11 Å². The van der Waals surface area contributed by atoms with Gasteiger partial charge in [-0.25, -0.2) is 4.79 Å². The molecule has 0 aromatic rings. The molecule has 5 heteroatoms. The summed E-state index contributed by atoms with van der Waals surface area (Å²) in [5, 5.41) is 0. The van der Waals surface area contributed by atoms with Crippen LogP contribution in [0, 0.1) is 5.92 Å².